The molecule has 132 valence electrons. The second-order valence-corrected chi connectivity index (χ2v) is 6.77. The Bertz CT molecular complexity index is 724. The van der Waals surface area contributed by atoms with Crippen LogP contribution in [-0.4, -0.2) is 18.2 Å². The number of benzene rings is 2. The van der Waals surface area contributed by atoms with Crippen molar-refractivity contribution >= 4 is 29.0 Å². The van der Waals surface area contributed by atoms with E-state index >= 15 is 0 Å². The van der Waals surface area contributed by atoms with E-state index in [1.807, 2.05) is 24.3 Å². The van der Waals surface area contributed by atoms with Crippen LogP contribution < -0.4 is 10.6 Å². The molecule has 5 heteroatoms. The SMILES string of the molecule is CC(=O)c1ccc(NC(=O)CNC(c2ccc(Cl)cc2)C(C)C)cc1. The van der Waals surface area contributed by atoms with Gasteiger partial charge in [-0.2, -0.15) is 0 Å². The first-order valence-corrected chi connectivity index (χ1v) is 8.64. The summed E-state index contributed by atoms with van der Waals surface area (Å²) in [6, 6.07) is 14.6. The summed E-state index contributed by atoms with van der Waals surface area (Å²) in [5.41, 5.74) is 2.39. The predicted octanol–water partition coefficient (Wildman–Crippen LogP) is 4.47. The number of hydrogen-bond acceptors (Lipinski definition) is 3. The van der Waals surface area contributed by atoms with Crippen molar-refractivity contribution in [3.63, 3.8) is 0 Å². The molecule has 1 atom stereocenters. The van der Waals surface area contributed by atoms with E-state index in [2.05, 4.69) is 24.5 Å². The predicted molar refractivity (Wildman–Crippen MR) is 102 cm³/mol. The van der Waals surface area contributed by atoms with Gasteiger partial charge in [-0.15, -0.1) is 0 Å². The fourth-order valence-corrected chi connectivity index (χ4v) is 2.73. The summed E-state index contributed by atoms with van der Waals surface area (Å²) in [5, 5.41) is 6.82. The first-order valence-electron chi connectivity index (χ1n) is 8.26. The molecule has 0 heterocycles. The van der Waals surface area contributed by atoms with Crippen LogP contribution in [0.2, 0.25) is 5.02 Å². The minimum absolute atomic E-state index is 0.00211. The molecule has 2 N–H and O–H groups in total. The third kappa shape index (κ3) is 5.69. The molecule has 0 bridgehead atoms. The number of Topliss-reactive ketones (excluding diaryl/α,β-unsaturated/α-hetero) is 1. The first kappa shape index (κ1) is 19.2. The second-order valence-electron chi connectivity index (χ2n) is 6.34. The number of amides is 1. The number of anilines is 1. The van der Waals surface area contributed by atoms with E-state index in [9.17, 15) is 9.59 Å². The van der Waals surface area contributed by atoms with Crippen LogP contribution in [-0.2, 0) is 4.79 Å². The van der Waals surface area contributed by atoms with Gasteiger partial charge in [-0.3, -0.25) is 9.59 Å². The molecule has 0 aromatic heterocycles. The van der Waals surface area contributed by atoms with Gasteiger partial charge >= 0.3 is 0 Å². The van der Waals surface area contributed by atoms with Gasteiger partial charge in [0.05, 0.1) is 6.54 Å². The monoisotopic (exact) mass is 358 g/mol. The highest BCUT2D eigenvalue weighted by atomic mass is 35.5. The van der Waals surface area contributed by atoms with Crippen molar-refractivity contribution in [1.29, 1.82) is 0 Å². The van der Waals surface area contributed by atoms with Crippen molar-refractivity contribution in [3.05, 3.63) is 64.7 Å². The Labute approximate surface area is 153 Å². The Hall–Kier alpha value is -2.17. The highest BCUT2D eigenvalue weighted by Gasteiger charge is 2.16. The number of carbonyl (C=O) groups excluding carboxylic acids is 2. The number of ketones is 1. The summed E-state index contributed by atoms with van der Waals surface area (Å²) >= 11 is 5.94. The molecule has 2 aromatic rings. The summed E-state index contributed by atoms with van der Waals surface area (Å²) in [7, 11) is 0. The van der Waals surface area contributed by atoms with E-state index in [1.165, 1.54) is 6.92 Å². The third-order valence-electron chi connectivity index (χ3n) is 3.95. The maximum atomic E-state index is 12.2. The van der Waals surface area contributed by atoms with Crippen molar-refractivity contribution in [2.45, 2.75) is 26.8 Å². The molecule has 0 radical (unpaired) electrons. The summed E-state index contributed by atoms with van der Waals surface area (Å²) in [4.78, 5) is 23.5. The minimum Gasteiger partial charge on any atom is -0.325 e. The Morgan fingerprint density at radius 2 is 1.60 bits per heavy atom. The van der Waals surface area contributed by atoms with E-state index in [1.54, 1.807) is 24.3 Å². The van der Waals surface area contributed by atoms with Gasteiger partial charge in [0.15, 0.2) is 5.78 Å². The quantitative estimate of drug-likeness (QED) is 0.718. The van der Waals surface area contributed by atoms with Crippen LogP contribution in [0.3, 0.4) is 0 Å². The molecule has 0 aliphatic heterocycles. The number of hydrogen-bond donors (Lipinski definition) is 2. The second kappa shape index (κ2) is 8.79. The fourth-order valence-electron chi connectivity index (χ4n) is 2.60. The lowest BCUT2D eigenvalue weighted by Gasteiger charge is -2.23. The van der Waals surface area contributed by atoms with Crippen molar-refractivity contribution in [2.24, 2.45) is 5.92 Å². The van der Waals surface area contributed by atoms with E-state index in [0.29, 0.717) is 22.2 Å². The van der Waals surface area contributed by atoms with Crippen molar-refractivity contribution < 1.29 is 9.59 Å². The molecular weight excluding hydrogens is 336 g/mol. The van der Waals surface area contributed by atoms with Crippen LogP contribution >= 0.6 is 11.6 Å². The zero-order valence-corrected chi connectivity index (χ0v) is 15.4. The van der Waals surface area contributed by atoms with Crippen molar-refractivity contribution in [1.82, 2.24) is 5.32 Å². The lowest BCUT2D eigenvalue weighted by atomic mass is 9.96. The number of carbonyl (C=O) groups is 2. The van der Waals surface area contributed by atoms with Crippen molar-refractivity contribution in [3.8, 4) is 0 Å². The van der Waals surface area contributed by atoms with E-state index < -0.39 is 0 Å². The van der Waals surface area contributed by atoms with E-state index in [0.717, 1.165) is 5.56 Å². The van der Waals surface area contributed by atoms with Gasteiger partial charge in [-0.25, -0.2) is 0 Å². The van der Waals surface area contributed by atoms with Gasteiger partial charge in [0.2, 0.25) is 5.91 Å². The zero-order valence-electron chi connectivity index (χ0n) is 14.7. The molecule has 0 saturated heterocycles. The number of rotatable bonds is 7. The van der Waals surface area contributed by atoms with Gasteiger partial charge in [-0.1, -0.05) is 37.6 Å². The van der Waals surface area contributed by atoms with Crippen LogP contribution in [0.15, 0.2) is 48.5 Å². The molecule has 4 nitrogen and oxygen atoms in total. The Morgan fingerprint density at radius 3 is 2.12 bits per heavy atom. The lowest BCUT2D eigenvalue weighted by molar-refractivity contribution is -0.115. The minimum atomic E-state index is -0.129. The molecule has 0 spiro atoms. The standard InChI is InChI=1S/C20H23ClN2O2/c1-13(2)20(16-4-8-17(21)9-5-16)22-12-19(25)23-18-10-6-15(7-11-18)14(3)24/h4-11,13,20,22H,12H2,1-3H3,(H,23,25). The Balaban J connectivity index is 1.94. The maximum absolute atomic E-state index is 12.2. The Kier molecular flexibility index (Phi) is 6.73. The van der Waals surface area contributed by atoms with Gasteiger partial charge < -0.3 is 10.6 Å². The molecule has 0 fully saturated rings. The summed E-state index contributed by atoms with van der Waals surface area (Å²) in [6.07, 6.45) is 0. The van der Waals surface area contributed by atoms with Crippen LogP contribution in [0.5, 0.6) is 0 Å². The average Bonchev–Trinajstić information content (AvgIpc) is 2.57. The maximum Gasteiger partial charge on any atom is 0.238 e. The Morgan fingerprint density at radius 1 is 1.00 bits per heavy atom. The zero-order chi connectivity index (χ0) is 18.4. The normalized spacial score (nSPS) is 12.0. The van der Waals surface area contributed by atoms with Gasteiger partial charge in [0.1, 0.15) is 0 Å². The molecular formula is C20H23ClN2O2. The molecule has 0 saturated carbocycles. The van der Waals surface area contributed by atoms with E-state index in [-0.39, 0.29) is 24.3 Å². The highest BCUT2D eigenvalue weighted by molar-refractivity contribution is 6.30. The van der Waals surface area contributed by atoms with Crippen LogP contribution in [0, 0.1) is 5.92 Å². The summed E-state index contributed by atoms with van der Waals surface area (Å²) in [6.45, 7) is 5.91. The van der Waals surface area contributed by atoms with E-state index in [4.69, 9.17) is 11.6 Å². The van der Waals surface area contributed by atoms with Gasteiger partial charge in [0.25, 0.3) is 0 Å². The van der Waals surface area contributed by atoms with Crippen LogP contribution in [0.25, 0.3) is 0 Å². The first-order chi connectivity index (χ1) is 11.9. The lowest BCUT2D eigenvalue weighted by Crippen LogP contribution is -2.33. The number of nitrogens with one attached hydrogen (secondary N) is 2. The third-order valence-corrected chi connectivity index (χ3v) is 4.21. The molecule has 25 heavy (non-hydrogen) atoms. The van der Waals surface area contributed by atoms with Gasteiger partial charge in [-0.05, 0) is 54.8 Å². The topological polar surface area (TPSA) is 58.2 Å². The molecule has 0 aliphatic rings. The summed E-state index contributed by atoms with van der Waals surface area (Å²) in [5.74, 6) is 0.196. The molecule has 1 unspecified atom stereocenters. The molecule has 1 amide bonds. The smallest absolute Gasteiger partial charge is 0.238 e. The largest absolute Gasteiger partial charge is 0.325 e. The average molecular weight is 359 g/mol. The summed E-state index contributed by atoms with van der Waals surface area (Å²) < 4.78 is 0. The molecule has 2 aromatic carbocycles. The fraction of sp³-hybridized carbons (Fsp3) is 0.300. The highest BCUT2D eigenvalue weighted by Crippen LogP contribution is 2.23. The molecule has 0 aliphatic carbocycles. The van der Waals surface area contributed by atoms with Gasteiger partial charge in [0, 0.05) is 22.3 Å². The molecule has 2 rings (SSSR count). The van der Waals surface area contributed by atoms with Crippen LogP contribution in [0.1, 0.15) is 42.7 Å². The van der Waals surface area contributed by atoms with Crippen LogP contribution in [0.4, 0.5) is 5.69 Å². The van der Waals surface area contributed by atoms with Crippen molar-refractivity contribution in [2.75, 3.05) is 11.9 Å². The number of halogens is 1.